The van der Waals surface area contributed by atoms with Crippen LogP contribution >= 0.6 is 11.8 Å². The van der Waals surface area contributed by atoms with Gasteiger partial charge < -0.3 is 14.8 Å². The van der Waals surface area contributed by atoms with Crippen LogP contribution in [0.15, 0.2) is 4.99 Å². The average molecular weight is 266 g/mol. The Bertz CT molecular complexity index is 370. The van der Waals surface area contributed by atoms with Crippen LogP contribution in [0.1, 0.15) is 19.8 Å². The van der Waals surface area contributed by atoms with E-state index in [1.807, 2.05) is 0 Å². The lowest BCUT2D eigenvalue weighted by atomic mass is 10.1. The van der Waals surface area contributed by atoms with Crippen LogP contribution < -0.4 is 5.32 Å². The smallest absolute Gasteiger partial charge is 0.302 e. The molecule has 3 aliphatic rings. The summed E-state index contributed by atoms with van der Waals surface area (Å²) in [5.41, 5.74) is -0.0759. The Morgan fingerprint density at radius 1 is 1.61 bits per heavy atom. The monoisotopic (exact) mass is 266 g/mol. The number of carbonyl (C=O) groups is 1. The number of nitrogens with zero attached hydrogens (tertiary/aromatic N) is 1. The van der Waals surface area contributed by atoms with Crippen molar-refractivity contribution >= 4 is 22.9 Å². The molecule has 1 saturated carbocycles. The number of rotatable bonds is 3. The molecule has 0 spiro atoms. The van der Waals surface area contributed by atoms with Crippen molar-refractivity contribution in [3.8, 4) is 0 Å². The summed E-state index contributed by atoms with van der Waals surface area (Å²) < 4.78 is 10.7. The number of amidine groups is 1. The van der Waals surface area contributed by atoms with Crippen molar-refractivity contribution < 1.29 is 14.3 Å². The molecular weight excluding hydrogens is 252 g/mol. The number of hydrogen-bond donors (Lipinski definition) is 1. The van der Waals surface area contributed by atoms with Crippen LogP contribution in [0, 0.1) is 12.8 Å². The fourth-order valence-corrected chi connectivity index (χ4v) is 2.79. The normalized spacial score (nSPS) is 34.7. The quantitative estimate of drug-likeness (QED) is 0.760. The van der Waals surface area contributed by atoms with E-state index in [2.05, 4.69) is 23.2 Å². The van der Waals surface area contributed by atoms with Gasteiger partial charge in [0.25, 0.3) is 0 Å². The van der Waals surface area contributed by atoms with Gasteiger partial charge in [-0.15, -0.1) is 0 Å². The minimum Gasteiger partial charge on any atom is -0.463 e. The zero-order valence-electron chi connectivity index (χ0n) is 10.0. The van der Waals surface area contributed by atoms with Gasteiger partial charge in [-0.25, -0.2) is 0 Å². The van der Waals surface area contributed by atoms with E-state index in [0.29, 0.717) is 6.04 Å². The van der Waals surface area contributed by atoms with Crippen LogP contribution in [0.25, 0.3) is 0 Å². The van der Waals surface area contributed by atoms with E-state index in [-0.39, 0.29) is 30.2 Å². The molecule has 2 fully saturated rings. The van der Waals surface area contributed by atoms with Crippen LogP contribution in [-0.2, 0) is 14.3 Å². The van der Waals surface area contributed by atoms with Crippen molar-refractivity contribution in [3.63, 3.8) is 0 Å². The van der Waals surface area contributed by atoms with Crippen molar-refractivity contribution in [3.05, 3.63) is 12.8 Å². The maximum absolute atomic E-state index is 10.7. The molecule has 0 unspecified atom stereocenters. The van der Waals surface area contributed by atoms with Crippen molar-refractivity contribution in [2.24, 2.45) is 4.99 Å². The van der Waals surface area contributed by atoms with Gasteiger partial charge in [0.2, 0.25) is 0 Å². The van der Waals surface area contributed by atoms with Crippen molar-refractivity contribution in [2.45, 2.75) is 43.4 Å². The number of hydrogen-bond acceptors (Lipinski definition) is 6. The Hall–Kier alpha value is -0.750. The van der Waals surface area contributed by atoms with Crippen molar-refractivity contribution in [1.82, 2.24) is 5.32 Å². The lowest BCUT2D eigenvalue weighted by Gasteiger charge is -2.28. The molecule has 2 heterocycles. The summed E-state index contributed by atoms with van der Waals surface area (Å²) in [5.74, 6) is -0.311. The van der Waals surface area contributed by atoms with Gasteiger partial charge in [0.15, 0.2) is 5.17 Å². The number of aliphatic imine (C=N–C) groups is 1. The van der Waals surface area contributed by atoms with Gasteiger partial charge in [-0.05, 0) is 12.8 Å². The highest BCUT2D eigenvalue weighted by atomic mass is 32.2. The minimum absolute atomic E-state index is 0.0759. The van der Waals surface area contributed by atoms with Gasteiger partial charge in [-0.1, -0.05) is 11.8 Å². The van der Waals surface area contributed by atoms with Gasteiger partial charge in [-0.2, -0.15) is 0 Å². The summed E-state index contributed by atoms with van der Waals surface area (Å²) >= 11 is 1.57. The third-order valence-electron chi connectivity index (χ3n) is 2.78. The van der Waals surface area contributed by atoms with Gasteiger partial charge >= 0.3 is 5.97 Å². The summed E-state index contributed by atoms with van der Waals surface area (Å²) in [5, 5.41) is 4.28. The fourth-order valence-electron chi connectivity index (χ4n) is 1.72. The van der Waals surface area contributed by atoms with Crippen LogP contribution in [0.2, 0.25) is 0 Å². The van der Waals surface area contributed by atoms with E-state index in [1.54, 1.807) is 11.8 Å². The van der Waals surface area contributed by atoms with Crippen molar-refractivity contribution in [1.29, 1.82) is 0 Å². The molecule has 0 aromatic rings. The zero-order chi connectivity index (χ0) is 12.5. The first-order valence-corrected chi connectivity index (χ1v) is 6.89. The SMILES string of the molecule is CC(=O)OC[C@H]1[C][C][C@H]2N=C(NC3CC3)S[C@H]2O1. The largest absolute Gasteiger partial charge is 0.463 e. The van der Waals surface area contributed by atoms with Crippen molar-refractivity contribution in [2.75, 3.05) is 6.61 Å². The molecule has 96 valence electrons. The van der Waals surface area contributed by atoms with E-state index in [1.165, 1.54) is 19.8 Å². The summed E-state index contributed by atoms with van der Waals surface area (Å²) in [6.07, 6.45) is 8.10. The molecule has 0 bridgehead atoms. The van der Waals surface area contributed by atoms with Gasteiger partial charge in [-0.3, -0.25) is 9.79 Å². The second-order valence-electron chi connectivity index (χ2n) is 4.50. The summed E-state index contributed by atoms with van der Waals surface area (Å²) in [7, 11) is 0. The first kappa shape index (κ1) is 12.3. The topological polar surface area (TPSA) is 59.9 Å². The third-order valence-corrected chi connectivity index (χ3v) is 3.82. The summed E-state index contributed by atoms with van der Waals surface area (Å²) in [6.45, 7) is 1.57. The molecule has 3 rings (SSSR count). The van der Waals surface area contributed by atoms with Crippen LogP contribution in [0.3, 0.4) is 0 Å². The van der Waals surface area contributed by atoms with Gasteiger partial charge in [0.1, 0.15) is 18.1 Å². The molecule has 0 aromatic heterocycles. The number of esters is 1. The Kier molecular flexibility index (Phi) is 3.48. The average Bonchev–Trinajstić information content (AvgIpc) is 3.04. The molecule has 18 heavy (non-hydrogen) atoms. The highest BCUT2D eigenvalue weighted by molar-refractivity contribution is 8.14. The van der Waals surface area contributed by atoms with Crippen LogP contribution in [0.5, 0.6) is 0 Å². The Balaban J connectivity index is 1.48. The lowest BCUT2D eigenvalue weighted by molar-refractivity contribution is -0.145. The molecule has 2 aliphatic heterocycles. The second-order valence-corrected chi connectivity index (χ2v) is 5.59. The zero-order valence-corrected chi connectivity index (χ0v) is 10.8. The molecule has 1 N–H and O–H groups in total. The first-order chi connectivity index (χ1) is 8.70. The molecule has 6 heteroatoms. The maximum Gasteiger partial charge on any atom is 0.302 e. The van der Waals surface area contributed by atoms with Gasteiger partial charge in [0.05, 0.1) is 6.04 Å². The molecule has 0 amide bonds. The Labute approximate surface area is 111 Å². The lowest BCUT2D eigenvalue weighted by Crippen LogP contribution is -2.37. The molecule has 1 saturated heterocycles. The van der Waals surface area contributed by atoms with E-state index in [0.717, 1.165) is 5.17 Å². The number of thioether (sulfide) groups is 1. The molecule has 0 aromatic carbocycles. The van der Waals surface area contributed by atoms with E-state index in [4.69, 9.17) is 9.47 Å². The fraction of sp³-hybridized carbons (Fsp3) is 0.667. The first-order valence-electron chi connectivity index (χ1n) is 6.01. The second kappa shape index (κ2) is 5.09. The minimum atomic E-state index is -0.335. The number of carbonyl (C=O) groups excluding carboxylic acids is 1. The highest BCUT2D eigenvalue weighted by Gasteiger charge is 2.39. The molecule has 3 atom stereocenters. The van der Waals surface area contributed by atoms with Crippen LogP contribution in [0.4, 0.5) is 0 Å². The number of ether oxygens (including phenoxy) is 2. The molecular formula is C12H14N2O3S. The number of fused-ring (bicyclic) bond motifs is 1. The molecule has 5 nitrogen and oxygen atoms in total. The van der Waals surface area contributed by atoms with Crippen LogP contribution in [-0.4, -0.2) is 41.4 Å². The summed E-state index contributed by atoms with van der Waals surface area (Å²) in [6, 6.07) is 0.492. The summed E-state index contributed by atoms with van der Waals surface area (Å²) in [4.78, 5) is 15.2. The Morgan fingerprint density at radius 3 is 3.17 bits per heavy atom. The van der Waals surface area contributed by atoms with E-state index >= 15 is 0 Å². The number of nitrogens with one attached hydrogen (secondary N) is 1. The van der Waals surface area contributed by atoms with E-state index < -0.39 is 0 Å². The predicted octanol–water partition coefficient (Wildman–Crippen LogP) is 0.660. The predicted molar refractivity (Wildman–Crippen MR) is 66.8 cm³/mol. The standard InChI is InChI=1S/C12H14N2O3S/c1-7(15)16-6-9-4-5-10-11(17-9)18-12(14-10)13-8-2-3-8/h8-11H,2-3,6H2,1H3,(H,13,14)/t9-,10-,11-/m1/s1. The maximum atomic E-state index is 10.7. The molecule has 1 aliphatic carbocycles. The Morgan fingerprint density at radius 2 is 2.44 bits per heavy atom. The third kappa shape index (κ3) is 2.98. The molecule has 4 radical (unpaired) electrons. The van der Waals surface area contributed by atoms with E-state index in [9.17, 15) is 4.79 Å². The highest BCUT2D eigenvalue weighted by Crippen LogP contribution is 2.35. The van der Waals surface area contributed by atoms with Gasteiger partial charge in [0, 0.05) is 25.8 Å².